The van der Waals surface area contributed by atoms with Crippen LogP contribution in [0.2, 0.25) is 0 Å². The van der Waals surface area contributed by atoms with Crippen LogP contribution in [-0.4, -0.2) is 19.7 Å². The number of carbonyl (C=O) groups is 1. The van der Waals surface area contributed by atoms with E-state index in [2.05, 4.69) is 23.9 Å². The van der Waals surface area contributed by atoms with Crippen LogP contribution >= 0.6 is 0 Å². The van der Waals surface area contributed by atoms with Gasteiger partial charge < -0.3 is 15.2 Å². The molecule has 0 bridgehead atoms. The summed E-state index contributed by atoms with van der Waals surface area (Å²) in [5.41, 5.74) is 3.23. The maximum atomic E-state index is 12.6. The summed E-state index contributed by atoms with van der Waals surface area (Å²) in [6.07, 6.45) is -0.618. The fraction of sp³-hybridized carbons (Fsp3) is 0.208. The minimum absolute atomic E-state index is 0.0129. The standard InChI is InChI=1S/C24H24N2O5S/c1-24(2)15-17-14-19(31-23(27)28)12-13-21(17)25-22(24)16-8-10-18(11-9-16)26-32(29,30)20-6-4-3-5-7-20/h3-14,22,25-26H,15H2,1-2H3,(H,27,28). The predicted octanol–water partition coefficient (Wildman–Crippen LogP) is 5.28. The molecule has 1 atom stereocenters. The normalized spacial score (nSPS) is 17.0. The van der Waals surface area contributed by atoms with E-state index in [1.807, 2.05) is 18.2 Å². The van der Waals surface area contributed by atoms with E-state index in [1.165, 1.54) is 0 Å². The summed E-state index contributed by atoms with van der Waals surface area (Å²) in [6, 6.07) is 20.7. The van der Waals surface area contributed by atoms with Crippen LogP contribution in [0.4, 0.5) is 16.2 Å². The smallest absolute Gasteiger partial charge is 0.449 e. The van der Waals surface area contributed by atoms with E-state index in [0.29, 0.717) is 11.4 Å². The van der Waals surface area contributed by atoms with Gasteiger partial charge in [-0.25, -0.2) is 13.2 Å². The molecule has 8 heteroatoms. The van der Waals surface area contributed by atoms with Crippen molar-refractivity contribution in [3.63, 3.8) is 0 Å². The number of hydrogen-bond donors (Lipinski definition) is 3. The van der Waals surface area contributed by atoms with Gasteiger partial charge in [0.15, 0.2) is 0 Å². The van der Waals surface area contributed by atoms with E-state index in [-0.39, 0.29) is 16.4 Å². The van der Waals surface area contributed by atoms with Gasteiger partial charge in [0, 0.05) is 11.4 Å². The molecule has 166 valence electrons. The third-order valence-electron chi connectivity index (χ3n) is 5.56. The number of fused-ring (bicyclic) bond motifs is 1. The molecule has 4 rings (SSSR count). The second kappa shape index (κ2) is 8.20. The fourth-order valence-corrected chi connectivity index (χ4v) is 5.14. The van der Waals surface area contributed by atoms with Crippen LogP contribution in [0.5, 0.6) is 5.75 Å². The molecule has 1 unspecified atom stereocenters. The molecular formula is C24H24N2O5S. The SMILES string of the molecule is CC1(C)Cc2cc(OC(=O)O)ccc2NC1c1ccc(NS(=O)(=O)c2ccccc2)cc1. The van der Waals surface area contributed by atoms with Crippen molar-refractivity contribution in [3.05, 3.63) is 83.9 Å². The van der Waals surface area contributed by atoms with E-state index < -0.39 is 16.2 Å². The zero-order valence-corrected chi connectivity index (χ0v) is 18.5. The van der Waals surface area contributed by atoms with Crippen LogP contribution in [0.15, 0.2) is 77.7 Å². The van der Waals surface area contributed by atoms with Crippen LogP contribution in [0.3, 0.4) is 0 Å². The Labute approximate surface area is 187 Å². The first kappa shape index (κ1) is 21.7. The number of hydrogen-bond acceptors (Lipinski definition) is 5. The van der Waals surface area contributed by atoms with Gasteiger partial charge in [-0.2, -0.15) is 0 Å². The molecule has 0 fully saturated rings. The van der Waals surface area contributed by atoms with Crippen LogP contribution in [0.1, 0.15) is 31.0 Å². The van der Waals surface area contributed by atoms with Crippen molar-refractivity contribution < 1.29 is 23.1 Å². The summed E-state index contributed by atoms with van der Waals surface area (Å²) >= 11 is 0. The van der Waals surface area contributed by atoms with Gasteiger partial charge >= 0.3 is 6.16 Å². The minimum Gasteiger partial charge on any atom is -0.449 e. The first-order chi connectivity index (χ1) is 15.1. The largest absolute Gasteiger partial charge is 0.511 e. The summed E-state index contributed by atoms with van der Waals surface area (Å²) in [6.45, 7) is 4.26. The lowest BCUT2D eigenvalue weighted by molar-refractivity contribution is 0.144. The molecule has 32 heavy (non-hydrogen) atoms. The van der Waals surface area contributed by atoms with E-state index >= 15 is 0 Å². The molecule has 1 aliphatic heterocycles. The number of carboxylic acid groups (broad SMARTS) is 1. The van der Waals surface area contributed by atoms with Crippen LogP contribution < -0.4 is 14.8 Å². The van der Waals surface area contributed by atoms with Crippen LogP contribution in [0.25, 0.3) is 0 Å². The number of anilines is 2. The highest BCUT2D eigenvalue weighted by Crippen LogP contribution is 2.45. The zero-order chi connectivity index (χ0) is 22.9. The van der Waals surface area contributed by atoms with Crippen molar-refractivity contribution in [3.8, 4) is 5.75 Å². The predicted molar refractivity (Wildman–Crippen MR) is 123 cm³/mol. The van der Waals surface area contributed by atoms with Gasteiger partial charge in [-0.05, 0) is 65.4 Å². The first-order valence-corrected chi connectivity index (χ1v) is 11.6. The molecule has 0 amide bonds. The maximum Gasteiger partial charge on any atom is 0.511 e. The van der Waals surface area contributed by atoms with Crippen molar-refractivity contribution >= 4 is 27.6 Å². The van der Waals surface area contributed by atoms with E-state index in [4.69, 9.17) is 9.84 Å². The lowest BCUT2D eigenvalue weighted by Gasteiger charge is -2.41. The summed E-state index contributed by atoms with van der Waals surface area (Å²) in [5.74, 6) is 0.294. The quantitative estimate of drug-likeness (QED) is 0.359. The van der Waals surface area contributed by atoms with Crippen molar-refractivity contribution in [2.45, 2.75) is 31.2 Å². The van der Waals surface area contributed by atoms with E-state index in [9.17, 15) is 13.2 Å². The average molecular weight is 453 g/mol. The summed E-state index contributed by atoms with van der Waals surface area (Å²) in [7, 11) is -3.65. The lowest BCUT2D eigenvalue weighted by atomic mass is 9.73. The molecule has 3 aromatic rings. The second-order valence-corrected chi connectivity index (χ2v) is 10.2. The number of rotatable bonds is 5. The van der Waals surface area contributed by atoms with Crippen LogP contribution in [0, 0.1) is 5.41 Å². The van der Waals surface area contributed by atoms with Gasteiger partial charge in [0.25, 0.3) is 10.0 Å². The molecule has 7 nitrogen and oxygen atoms in total. The average Bonchev–Trinajstić information content (AvgIpc) is 2.73. The van der Waals surface area contributed by atoms with Crippen molar-refractivity contribution in [1.82, 2.24) is 0 Å². The van der Waals surface area contributed by atoms with E-state index in [1.54, 1.807) is 54.6 Å². The molecule has 3 aromatic carbocycles. The summed E-state index contributed by atoms with van der Waals surface area (Å²) < 4.78 is 32.5. The Morgan fingerprint density at radius 2 is 1.75 bits per heavy atom. The Morgan fingerprint density at radius 1 is 1.06 bits per heavy atom. The molecule has 0 saturated heterocycles. The van der Waals surface area contributed by atoms with Gasteiger partial charge in [0.1, 0.15) is 5.75 Å². The molecule has 0 saturated carbocycles. The van der Waals surface area contributed by atoms with E-state index in [0.717, 1.165) is 23.2 Å². The zero-order valence-electron chi connectivity index (χ0n) is 17.7. The highest BCUT2D eigenvalue weighted by molar-refractivity contribution is 7.92. The molecule has 0 aliphatic carbocycles. The highest BCUT2D eigenvalue weighted by Gasteiger charge is 2.36. The molecule has 0 radical (unpaired) electrons. The molecule has 3 N–H and O–H groups in total. The Morgan fingerprint density at radius 3 is 2.41 bits per heavy atom. The third kappa shape index (κ3) is 4.55. The number of sulfonamides is 1. The topological polar surface area (TPSA) is 105 Å². The highest BCUT2D eigenvalue weighted by atomic mass is 32.2. The van der Waals surface area contributed by atoms with Crippen molar-refractivity contribution in [1.29, 1.82) is 0 Å². The number of benzene rings is 3. The Balaban J connectivity index is 1.54. The monoisotopic (exact) mass is 452 g/mol. The van der Waals surface area contributed by atoms with Gasteiger partial charge in [-0.3, -0.25) is 4.72 Å². The molecular weight excluding hydrogens is 428 g/mol. The Bertz CT molecular complexity index is 1240. The van der Waals surface area contributed by atoms with Crippen LogP contribution in [-0.2, 0) is 16.4 Å². The first-order valence-electron chi connectivity index (χ1n) is 10.1. The second-order valence-electron chi connectivity index (χ2n) is 8.47. The lowest BCUT2D eigenvalue weighted by Crippen LogP contribution is -2.35. The molecule has 1 aliphatic rings. The Hall–Kier alpha value is -3.52. The summed E-state index contributed by atoms with van der Waals surface area (Å²) in [4.78, 5) is 11.0. The third-order valence-corrected chi connectivity index (χ3v) is 6.96. The fourth-order valence-electron chi connectivity index (χ4n) is 4.06. The summed E-state index contributed by atoms with van der Waals surface area (Å²) in [5, 5.41) is 12.4. The minimum atomic E-state index is -3.65. The molecule has 0 spiro atoms. The van der Waals surface area contributed by atoms with Gasteiger partial charge in [-0.1, -0.05) is 44.2 Å². The van der Waals surface area contributed by atoms with Gasteiger partial charge in [0.05, 0.1) is 10.9 Å². The number of nitrogens with one attached hydrogen (secondary N) is 2. The number of ether oxygens (including phenoxy) is 1. The van der Waals surface area contributed by atoms with Crippen molar-refractivity contribution in [2.75, 3.05) is 10.0 Å². The molecule has 1 heterocycles. The van der Waals surface area contributed by atoms with Gasteiger partial charge in [-0.15, -0.1) is 0 Å². The van der Waals surface area contributed by atoms with Crippen molar-refractivity contribution in [2.24, 2.45) is 5.41 Å². The van der Waals surface area contributed by atoms with Gasteiger partial charge in [0.2, 0.25) is 0 Å². The molecule has 0 aromatic heterocycles. The maximum absolute atomic E-state index is 12.6. The Kier molecular flexibility index (Phi) is 5.56.